The summed E-state index contributed by atoms with van der Waals surface area (Å²) < 4.78 is 5.83. The van der Waals surface area contributed by atoms with Crippen molar-refractivity contribution in [2.75, 3.05) is 30.3 Å². The monoisotopic (exact) mass is 389 g/mol. The minimum Gasteiger partial charge on any atom is -0.460 e. The van der Waals surface area contributed by atoms with Crippen molar-refractivity contribution in [1.29, 1.82) is 0 Å². The molecule has 1 aromatic heterocycles. The van der Waals surface area contributed by atoms with Crippen LogP contribution in [0.4, 0.5) is 11.6 Å². The van der Waals surface area contributed by atoms with Crippen LogP contribution in [-0.4, -0.2) is 52.6 Å². The van der Waals surface area contributed by atoms with Gasteiger partial charge in [0, 0.05) is 18.2 Å². The molecule has 7 heteroatoms. The molecule has 3 heterocycles. The highest BCUT2D eigenvalue weighted by molar-refractivity contribution is 6.01. The van der Waals surface area contributed by atoms with E-state index in [-0.39, 0.29) is 24.4 Å². The summed E-state index contributed by atoms with van der Waals surface area (Å²) in [5.74, 6) is 1.74. The van der Waals surface area contributed by atoms with E-state index in [9.17, 15) is 4.79 Å². The second-order valence-electron chi connectivity index (χ2n) is 8.49. The molecule has 156 valence electrons. The lowest BCUT2D eigenvalue weighted by atomic mass is 9.93. The van der Waals surface area contributed by atoms with Gasteiger partial charge in [0.15, 0.2) is 0 Å². The number of hydrogen-bond donors (Lipinski definition) is 1. The van der Waals surface area contributed by atoms with E-state index in [1.165, 1.54) is 12.8 Å². The second kappa shape index (κ2) is 9.07. The van der Waals surface area contributed by atoms with Crippen LogP contribution in [0.1, 0.15) is 65.4 Å². The number of nitrogens with two attached hydrogens (primary N) is 1. The predicted molar refractivity (Wildman–Crippen MR) is 112 cm³/mol. The third kappa shape index (κ3) is 4.74. The van der Waals surface area contributed by atoms with Crippen molar-refractivity contribution in [3.05, 3.63) is 5.56 Å². The molecule has 0 aliphatic carbocycles. The first-order valence-corrected chi connectivity index (χ1v) is 10.8. The van der Waals surface area contributed by atoms with Gasteiger partial charge in [0.2, 0.25) is 5.91 Å². The molecular formula is C21H35N5O2. The van der Waals surface area contributed by atoms with Gasteiger partial charge in [-0.3, -0.25) is 9.69 Å². The van der Waals surface area contributed by atoms with Crippen LogP contribution in [0.15, 0.2) is 0 Å². The number of rotatable bonds is 8. The van der Waals surface area contributed by atoms with Crippen molar-refractivity contribution >= 4 is 17.5 Å². The van der Waals surface area contributed by atoms with Crippen molar-refractivity contribution in [3.63, 3.8) is 0 Å². The minimum absolute atomic E-state index is 0.0270. The van der Waals surface area contributed by atoms with Gasteiger partial charge in [-0.2, -0.15) is 9.97 Å². The van der Waals surface area contributed by atoms with Crippen molar-refractivity contribution < 1.29 is 9.53 Å². The van der Waals surface area contributed by atoms with Crippen LogP contribution in [0.3, 0.4) is 0 Å². The maximum absolute atomic E-state index is 12.6. The number of fused-ring (bicyclic) bond motifs is 1. The molecule has 0 unspecified atom stereocenters. The van der Waals surface area contributed by atoms with E-state index in [0.29, 0.717) is 30.1 Å². The van der Waals surface area contributed by atoms with E-state index < -0.39 is 0 Å². The van der Waals surface area contributed by atoms with Gasteiger partial charge >= 0.3 is 6.01 Å². The number of carbonyl (C=O) groups is 1. The molecule has 0 bridgehead atoms. The van der Waals surface area contributed by atoms with E-state index in [0.717, 1.165) is 37.9 Å². The van der Waals surface area contributed by atoms with Crippen LogP contribution in [-0.2, 0) is 11.2 Å². The Morgan fingerprint density at radius 2 is 1.93 bits per heavy atom. The number of nitrogen functional groups attached to an aromatic ring is 1. The lowest BCUT2D eigenvalue weighted by Crippen LogP contribution is -2.39. The quantitative estimate of drug-likeness (QED) is 0.736. The zero-order valence-corrected chi connectivity index (χ0v) is 17.8. The van der Waals surface area contributed by atoms with E-state index in [1.54, 1.807) is 4.90 Å². The third-order valence-corrected chi connectivity index (χ3v) is 6.02. The fourth-order valence-electron chi connectivity index (χ4n) is 4.22. The van der Waals surface area contributed by atoms with Crippen molar-refractivity contribution in [2.45, 2.75) is 78.4 Å². The zero-order valence-electron chi connectivity index (χ0n) is 17.8. The third-order valence-electron chi connectivity index (χ3n) is 6.02. The molecule has 0 radical (unpaired) electrons. The zero-order chi connectivity index (χ0) is 20.3. The molecule has 0 spiro atoms. The Kier molecular flexibility index (Phi) is 6.75. The van der Waals surface area contributed by atoms with Gasteiger partial charge in [-0.15, -0.1) is 0 Å². The van der Waals surface area contributed by atoms with Crippen molar-refractivity contribution in [3.8, 4) is 6.01 Å². The van der Waals surface area contributed by atoms with Crippen molar-refractivity contribution in [2.24, 2.45) is 5.92 Å². The molecule has 1 amide bonds. The summed E-state index contributed by atoms with van der Waals surface area (Å²) >= 11 is 0. The molecule has 0 saturated carbocycles. The van der Waals surface area contributed by atoms with Crippen LogP contribution in [0.25, 0.3) is 0 Å². The summed E-state index contributed by atoms with van der Waals surface area (Å²) in [4.78, 5) is 25.7. The first-order valence-electron chi connectivity index (χ1n) is 10.8. The standard InChI is InChI=1S/C21H35N5O2/c1-5-6-15(4)28-21-23-19(22)17-13-18(27)26(20(17)24-21)12-9-16-7-10-25(11-8-16)14(2)3/h14-16H,5-13H2,1-4H3,(H2,22,23,24)/t15-/m0/s1. The van der Waals surface area contributed by atoms with E-state index in [4.69, 9.17) is 10.5 Å². The Morgan fingerprint density at radius 1 is 1.21 bits per heavy atom. The molecule has 7 nitrogen and oxygen atoms in total. The number of carbonyl (C=O) groups excluding carboxylic acids is 1. The highest BCUT2D eigenvalue weighted by Crippen LogP contribution is 2.33. The predicted octanol–water partition coefficient (Wildman–Crippen LogP) is 3.03. The van der Waals surface area contributed by atoms with Crippen LogP contribution < -0.4 is 15.4 Å². The van der Waals surface area contributed by atoms with Gasteiger partial charge in [-0.25, -0.2) is 0 Å². The fraction of sp³-hybridized carbons (Fsp3) is 0.762. The number of ether oxygens (including phenoxy) is 1. The van der Waals surface area contributed by atoms with Gasteiger partial charge < -0.3 is 15.4 Å². The highest BCUT2D eigenvalue weighted by Gasteiger charge is 2.33. The molecule has 28 heavy (non-hydrogen) atoms. The number of likely N-dealkylation sites (tertiary alicyclic amines) is 1. The molecule has 0 aromatic carbocycles. The number of aromatic nitrogens is 2. The first-order chi connectivity index (χ1) is 13.4. The SMILES string of the molecule is CCC[C@H](C)Oc1nc(N)c2c(n1)N(CCC1CCN(C(C)C)CC1)C(=O)C2. The lowest BCUT2D eigenvalue weighted by Gasteiger charge is -2.35. The normalized spacial score (nSPS) is 19.3. The molecule has 3 rings (SSSR count). The Morgan fingerprint density at radius 3 is 2.57 bits per heavy atom. The summed E-state index contributed by atoms with van der Waals surface area (Å²) in [7, 11) is 0. The van der Waals surface area contributed by atoms with E-state index in [2.05, 4.69) is 35.6 Å². The minimum atomic E-state index is 0.0270. The Balaban J connectivity index is 1.64. The van der Waals surface area contributed by atoms with Gasteiger partial charge in [0.25, 0.3) is 0 Å². The molecular weight excluding hydrogens is 354 g/mol. The van der Waals surface area contributed by atoms with Crippen molar-refractivity contribution in [1.82, 2.24) is 14.9 Å². The molecule has 1 fully saturated rings. The maximum Gasteiger partial charge on any atom is 0.320 e. The molecule has 1 aromatic rings. The van der Waals surface area contributed by atoms with Gasteiger partial charge in [0.1, 0.15) is 11.6 Å². The van der Waals surface area contributed by atoms with Crippen LogP contribution >= 0.6 is 0 Å². The smallest absolute Gasteiger partial charge is 0.320 e. The summed E-state index contributed by atoms with van der Waals surface area (Å²) in [6.07, 6.45) is 5.67. The average Bonchev–Trinajstić information content (AvgIpc) is 2.96. The van der Waals surface area contributed by atoms with E-state index in [1.807, 2.05) is 6.92 Å². The number of amides is 1. The van der Waals surface area contributed by atoms with Gasteiger partial charge in [0.05, 0.1) is 12.5 Å². The molecule has 2 N–H and O–H groups in total. The largest absolute Gasteiger partial charge is 0.460 e. The summed E-state index contributed by atoms with van der Waals surface area (Å²) in [5, 5.41) is 0. The second-order valence-corrected chi connectivity index (χ2v) is 8.49. The summed E-state index contributed by atoms with van der Waals surface area (Å²) in [6.45, 7) is 11.6. The highest BCUT2D eigenvalue weighted by atomic mass is 16.5. The topological polar surface area (TPSA) is 84.6 Å². The van der Waals surface area contributed by atoms with Gasteiger partial charge in [-0.1, -0.05) is 13.3 Å². The molecule has 1 atom stereocenters. The van der Waals surface area contributed by atoms with Crippen LogP contribution in [0.2, 0.25) is 0 Å². The van der Waals surface area contributed by atoms with Crippen LogP contribution in [0, 0.1) is 5.92 Å². The van der Waals surface area contributed by atoms with Gasteiger partial charge in [-0.05, 0) is 65.5 Å². The number of hydrogen-bond acceptors (Lipinski definition) is 6. The maximum atomic E-state index is 12.6. The Labute approximate surface area is 168 Å². The summed E-state index contributed by atoms with van der Waals surface area (Å²) in [6, 6.07) is 0.892. The number of piperidine rings is 1. The fourth-order valence-corrected chi connectivity index (χ4v) is 4.22. The summed E-state index contributed by atoms with van der Waals surface area (Å²) in [5.41, 5.74) is 6.86. The molecule has 2 aliphatic heterocycles. The first kappa shape index (κ1) is 20.8. The molecule has 2 aliphatic rings. The number of nitrogens with zero attached hydrogens (tertiary/aromatic N) is 4. The molecule has 1 saturated heterocycles. The Hall–Kier alpha value is -1.89. The Bertz CT molecular complexity index is 686. The lowest BCUT2D eigenvalue weighted by molar-refractivity contribution is -0.117. The van der Waals surface area contributed by atoms with Crippen LogP contribution in [0.5, 0.6) is 6.01 Å². The number of anilines is 2. The van der Waals surface area contributed by atoms with E-state index >= 15 is 0 Å². The average molecular weight is 390 g/mol.